The van der Waals surface area contributed by atoms with E-state index in [2.05, 4.69) is 29.6 Å². The SMILES string of the molecule is O=C(NCCSCc1ccccc1)c1ccc2c(c1)CCO2. The molecule has 0 bridgehead atoms. The van der Waals surface area contributed by atoms with Gasteiger partial charge in [-0.3, -0.25) is 4.79 Å². The van der Waals surface area contributed by atoms with Gasteiger partial charge in [-0.05, 0) is 29.3 Å². The van der Waals surface area contributed by atoms with Crippen LogP contribution >= 0.6 is 11.8 Å². The number of ether oxygens (including phenoxy) is 1. The molecule has 0 aliphatic carbocycles. The molecule has 3 rings (SSSR count). The van der Waals surface area contributed by atoms with Crippen molar-refractivity contribution in [1.29, 1.82) is 0 Å². The Kier molecular flexibility index (Phi) is 5.01. The summed E-state index contributed by atoms with van der Waals surface area (Å²) in [5.41, 5.74) is 3.17. The second kappa shape index (κ2) is 7.36. The molecule has 0 atom stereocenters. The van der Waals surface area contributed by atoms with Crippen LogP contribution in [0.5, 0.6) is 5.75 Å². The van der Waals surface area contributed by atoms with E-state index >= 15 is 0 Å². The third kappa shape index (κ3) is 3.83. The minimum Gasteiger partial charge on any atom is -0.493 e. The largest absolute Gasteiger partial charge is 0.493 e. The number of carbonyl (C=O) groups excluding carboxylic acids is 1. The molecule has 1 heterocycles. The van der Waals surface area contributed by atoms with E-state index < -0.39 is 0 Å². The zero-order chi connectivity index (χ0) is 15.2. The minimum atomic E-state index is -0.00462. The zero-order valence-corrected chi connectivity index (χ0v) is 13.2. The summed E-state index contributed by atoms with van der Waals surface area (Å²) in [6.07, 6.45) is 0.892. The molecule has 0 radical (unpaired) electrons. The fraction of sp³-hybridized carbons (Fsp3) is 0.278. The van der Waals surface area contributed by atoms with Crippen molar-refractivity contribution in [3.8, 4) is 5.75 Å². The zero-order valence-electron chi connectivity index (χ0n) is 12.4. The quantitative estimate of drug-likeness (QED) is 0.832. The number of benzene rings is 2. The van der Waals surface area contributed by atoms with Crippen LogP contribution in [0.25, 0.3) is 0 Å². The summed E-state index contributed by atoms with van der Waals surface area (Å²) in [6, 6.07) is 16.0. The summed E-state index contributed by atoms with van der Waals surface area (Å²) in [6.45, 7) is 1.40. The molecule has 114 valence electrons. The van der Waals surface area contributed by atoms with Gasteiger partial charge in [-0.25, -0.2) is 0 Å². The average Bonchev–Trinajstić information content (AvgIpc) is 3.03. The van der Waals surface area contributed by atoms with Gasteiger partial charge in [-0.2, -0.15) is 11.8 Å². The molecule has 0 saturated heterocycles. The first-order valence-corrected chi connectivity index (χ1v) is 8.64. The van der Waals surface area contributed by atoms with Crippen LogP contribution in [0.3, 0.4) is 0 Å². The molecule has 0 saturated carbocycles. The topological polar surface area (TPSA) is 38.3 Å². The van der Waals surface area contributed by atoms with Crippen LogP contribution in [0, 0.1) is 0 Å². The number of hydrogen-bond donors (Lipinski definition) is 1. The van der Waals surface area contributed by atoms with Crippen molar-refractivity contribution in [1.82, 2.24) is 5.32 Å². The number of nitrogens with one attached hydrogen (secondary N) is 1. The molecule has 3 nitrogen and oxygen atoms in total. The number of hydrogen-bond acceptors (Lipinski definition) is 3. The molecule has 2 aromatic rings. The highest BCUT2D eigenvalue weighted by atomic mass is 32.2. The van der Waals surface area contributed by atoms with Gasteiger partial charge in [0.05, 0.1) is 6.61 Å². The number of amides is 1. The van der Waals surface area contributed by atoms with Crippen LogP contribution in [0.1, 0.15) is 21.5 Å². The fourth-order valence-electron chi connectivity index (χ4n) is 2.43. The number of thioether (sulfide) groups is 1. The van der Waals surface area contributed by atoms with E-state index in [9.17, 15) is 4.79 Å². The van der Waals surface area contributed by atoms with E-state index in [0.29, 0.717) is 6.54 Å². The Hall–Kier alpha value is -1.94. The summed E-state index contributed by atoms with van der Waals surface area (Å²) in [5.74, 6) is 2.80. The molecule has 1 N–H and O–H groups in total. The summed E-state index contributed by atoms with van der Waals surface area (Å²) in [4.78, 5) is 12.1. The van der Waals surface area contributed by atoms with Crippen molar-refractivity contribution < 1.29 is 9.53 Å². The van der Waals surface area contributed by atoms with E-state index in [1.807, 2.05) is 36.0 Å². The highest BCUT2D eigenvalue weighted by Gasteiger charge is 2.14. The van der Waals surface area contributed by atoms with Gasteiger partial charge >= 0.3 is 0 Å². The molecule has 0 unspecified atom stereocenters. The Morgan fingerprint density at radius 3 is 2.91 bits per heavy atom. The summed E-state index contributed by atoms with van der Waals surface area (Å²) in [7, 11) is 0. The second-order valence-electron chi connectivity index (χ2n) is 5.22. The molecule has 0 aromatic heterocycles. The maximum Gasteiger partial charge on any atom is 0.251 e. The number of fused-ring (bicyclic) bond motifs is 1. The summed E-state index contributed by atoms with van der Waals surface area (Å²) < 4.78 is 5.45. The lowest BCUT2D eigenvalue weighted by Crippen LogP contribution is -2.25. The molecule has 1 aliphatic heterocycles. The van der Waals surface area contributed by atoms with Gasteiger partial charge in [0.2, 0.25) is 0 Å². The van der Waals surface area contributed by atoms with E-state index in [1.54, 1.807) is 0 Å². The first-order valence-electron chi connectivity index (χ1n) is 7.48. The summed E-state index contributed by atoms with van der Waals surface area (Å²) >= 11 is 1.83. The van der Waals surface area contributed by atoms with Crippen molar-refractivity contribution in [2.24, 2.45) is 0 Å². The molecule has 0 spiro atoms. The second-order valence-corrected chi connectivity index (χ2v) is 6.32. The van der Waals surface area contributed by atoms with Gasteiger partial charge in [0.25, 0.3) is 5.91 Å². The third-order valence-corrected chi connectivity index (χ3v) is 4.63. The van der Waals surface area contributed by atoms with Gasteiger partial charge < -0.3 is 10.1 Å². The first kappa shape index (κ1) is 15.0. The number of carbonyl (C=O) groups is 1. The minimum absolute atomic E-state index is 0.00462. The summed E-state index contributed by atoms with van der Waals surface area (Å²) in [5, 5.41) is 2.98. The molecule has 2 aromatic carbocycles. The Labute approximate surface area is 135 Å². The molecular weight excluding hydrogens is 294 g/mol. The van der Waals surface area contributed by atoms with Crippen molar-refractivity contribution in [3.63, 3.8) is 0 Å². The molecule has 1 amide bonds. The Morgan fingerprint density at radius 2 is 2.05 bits per heavy atom. The predicted molar refractivity (Wildman–Crippen MR) is 90.6 cm³/mol. The lowest BCUT2D eigenvalue weighted by molar-refractivity contribution is 0.0956. The highest BCUT2D eigenvalue weighted by molar-refractivity contribution is 7.98. The average molecular weight is 313 g/mol. The van der Waals surface area contributed by atoms with Crippen molar-refractivity contribution in [2.45, 2.75) is 12.2 Å². The molecule has 22 heavy (non-hydrogen) atoms. The van der Waals surface area contributed by atoms with Crippen LogP contribution < -0.4 is 10.1 Å². The highest BCUT2D eigenvalue weighted by Crippen LogP contribution is 2.25. The van der Waals surface area contributed by atoms with Crippen molar-refractivity contribution >= 4 is 17.7 Å². The molecule has 0 fully saturated rings. The Morgan fingerprint density at radius 1 is 1.18 bits per heavy atom. The third-order valence-electron chi connectivity index (χ3n) is 3.60. The van der Waals surface area contributed by atoms with Crippen LogP contribution in [0.2, 0.25) is 0 Å². The van der Waals surface area contributed by atoms with Gasteiger partial charge in [0.15, 0.2) is 0 Å². The van der Waals surface area contributed by atoms with Gasteiger partial charge in [-0.15, -0.1) is 0 Å². The first-order chi connectivity index (χ1) is 10.8. The van der Waals surface area contributed by atoms with Gasteiger partial charge in [-0.1, -0.05) is 30.3 Å². The predicted octanol–water partition coefficient (Wildman–Crippen LogP) is 3.28. The molecule has 1 aliphatic rings. The van der Waals surface area contributed by atoms with Crippen molar-refractivity contribution in [2.75, 3.05) is 18.9 Å². The van der Waals surface area contributed by atoms with E-state index in [-0.39, 0.29) is 5.91 Å². The standard InChI is InChI=1S/C18H19NO2S/c20-18(16-6-7-17-15(12-16)8-10-21-17)19-9-11-22-13-14-4-2-1-3-5-14/h1-7,12H,8-11,13H2,(H,19,20). The van der Waals surface area contributed by atoms with Crippen LogP contribution in [0.4, 0.5) is 0 Å². The van der Waals surface area contributed by atoms with E-state index in [1.165, 1.54) is 5.56 Å². The monoisotopic (exact) mass is 313 g/mol. The molecular formula is C18H19NO2S. The number of rotatable bonds is 6. The van der Waals surface area contributed by atoms with Gasteiger partial charge in [0, 0.05) is 30.0 Å². The van der Waals surface area contributed by atoms with Crippen LogP contribution in [-0.2, 0) is 12.2 Å². The van der Waals surface area contributed by atoms with Crippen molar-refractivity contribution in [3.05, 3.63) is 65.2 Å². The fourth-order valence-corrected chi connectivity index (χ4v) is 3.25. The van der Waals surface area contributed by atoms with Crippen LogP contribution in [-0.4, -0.2) is 24.8 Å². The Bertz CT molecular complexity index is 643. The maximum absolute atomic E-state index is 12.1. The van der Waals surface area contributed by atoms with Crippen LogP contribution in [0.15, 0.2) is 48.5 Å². The lowest BCUT2D eigenvalue weighted by Gasteiger charge is -2.07. The maximum atomic E-state index is 12.1. The molecule has 4 heteroatoms. The normalized spacial score (nSPS) is 12.5. The van der Waals surface area contributed by atoms with E-state index in [0.717, 1.165) is 41.4 Å². The lowest BCUT2D eigenvalue weighted by atomic mass is 10.1. The Balaban J connectivity index is 1.41. The van der Waals surface area contributed by atoms with Gasteiger partial charge in [0.1, 0.15) is 5.75 Å². The van der Waals surface area contributed by atoms with E-state index in [4.69, 9.17) is 4.74 Å². The smallest absolute Gasteiger partial charge is 0.251 e.